The molecule has 6 nitrogen and oxygen atoms in total. The van der Waals surface area contributed by atoms with Crippen molar-refractivity contribution in [3.8, 4) is 0 Å². The maximum absolute atomic E-state index is 12.6. The Bertz CT molecular complexity index is 968. The van der Waals surface area contributed by atoms with E-state index in [-0.39, 0.29) is 17.7 Å². The van der Waals surface area contributed by atoms with Crippen LogP contribution in [0.25, 0.3) is 0 Å². The number of rotatable bonds is 7. The summed E-state index contributed by atoms with van der Waals surface area (Å²) in [6.07, 6.45) is 4.11. The summed E-state index contributed by atoms with van der Waals surface area (Å²) in [7, 11) is 0. The fourth-order valence-corrected chi connectivity index (χ4v) is 3.79. The van der Waals surface area contributed by atoms with Gasteiger partial charge in [0, 0.05) is 29.4 Å². The molecule has 1 aliphatic heterocycles. The summed E-state index contributed by atoms with van der Waals surface area (Å²) in [6.45, 7) is 7.96. The molecule has 2 N–H and O–H groups in total. The Morgan fingerprint density at radius 1 is 1.13 bits per heavy atom. The molecular formula is C24H29ClN4O2. The molecule has 0 aromatic heterocycles. The fourth-order valence-electron chi connectivity index (χ4n) is 3.60. The molecule has 1 aliphatic rings. The molecule has 1 heterocycles. The predicted molar refractivity (Wildman–Crippen MR) is 126 cm³/mol. The van der Waals surface area contributed by atoms with Gasteiger partial charge in [-0.05, 0) is 67.1 Å². The largest absolute Gasteiger partial charge is 0.372 e. The Morgan fingerprint density at radius 3 is 2.52 bits per heavy atom. The lowest BCUT2D eigenvalue weighted by atomic mass is 10.0. The first-order valence-electron chi connectivity index (χ1n) is 10.6. The van der Waals surface area contributed by atoms with Crippen molar-refractivity contribution in [1.29, 1.82) is 0 Å². The molecule has 2 aromatic carbocycles. The summed E-state index contributed by atoms with van der Waals surface area (Å²) in [5.41, 5.74) is 6.22. The molecular weight excluding hydrogens is 412 g/mol. The van der Waals surface area contributed by atoms with Crippen LogP contribution in [0.1, 0.15) is 48.2 Å². The number of hydrogen-bond donors (Lipinski definition) is 2. The van der Waals surface area contributed by atoms with Gasteiger partial charge in [-0.2, -0.15) is 5.10 Å². The minimum absolute atomic E-state index is 0.111. The number of anilines is 1. The summed E-state index contributed by atoms with van der Waals surface area (Å²) < 4.78 is 0. The van der Waals surface area contributed by atoms with Crippen molar-refractivity contribution in [2.75, 3.05) is 18.0 Å². The number of carbonyl (C=O) groups is 2. The van der Waals surface area contributed by atoms with Crippen molar-refractivity contribution in [3.05, 3.63) is 64.2 Å². The highest BCUT2D eigenvalue weighted by atomic mass is 35.5. The molecule has 1 saturated heterocycles. The summed E-state index contributed by atoms with van der Waals surface area (Å²) in [5, 5.41) is 7.35. The van der Waals surface area contributed by atoms with Crippen molar-refractivity contribution in [1.82, 2.24) is 10.7 Å². The number of hydrogen-bond acceptors (Lipinski definition) is 4. The molecule has 0 bridgehead atoms. The van der Waals surface area contributed by atoms with Crippen LogP contribution in [0.15, 0.2) is 47.6 Å². The highest BCUT2D eigenvalue weighted by Gasteiger charge is 2.24. The van der Waals surface area contributed by atoms with Crippen LogP contribution in [0.3, 0.4) is 0 Å². The highest BCUT2D eigenvalue weighted by Crippen LogP contribution is 2.22. The van der Waals surface area contributed by atoms with Crippen molar-refractivity contribution in [3.63, 3.8) is 0 Å². The average molecular weight is 441 g/mol. The van der Waals surface area contributed by atoms with Crippen LogP contribution in [0.4, 0.5) is 5.69 Å². The highest BCUT2D eigenvalue weighted by molar-refractivity contribution is 6.31. The lowest BCUT2D eigenvalue weighted by Gasteiger charge is -2.20. The second kappa shape index (κ2) is 10.4. The van der Waals surface area contributed by atoms with E-state index in [4.69, 9.17) is 11.6 Å². The van der Waals surface area contributed by atoms with Crippen LogP contribution >= 0.6 is 11.6 Å². The molecule has 7 heteroatoms. The van der Waals surface area contributed by atoms with E-state index in [9.17, 15) is 9.59 Å². The maximum Gasteiger partial charge on any atom is 0.262 e. The number of amides is 2. The molecule has 31 heavy (non-hydrogen) atoms. The third kappa shape index (κ3) is 6.07. The molecule has 0 spiro atoms. The number of aryl methyl sites for hydroxylation is 1. The first-order valence-corrected chi connectivity index (χ1v) is 11.0. The maximum atomic E-state index is 12.6. The first kappa shape index (κ1) is 22.8. The molecule has 1 atom stereocenters. The number of benzene rings is 2. The monoisotopic (exact) mass is 440 g/mol. The first-order chi connectivity index (χ1) is 14.8. The molecule has 0 aliphatic carbocycles. The standard InChI is InChI=1S/C24H29ClN4O2/c1-16(2)22(27-23(30)18-7-6-8-20(25)14-18)24(31)28-26-15-19-9-10-21(13-17(19)3)29-11-4-5-12-29/h6-10,13-16,22H,4-5,11-12H2,1-3H3,(H,27,30)(H,28,31)/b26-15-. The van der Waals surface area contributed by atoms with Crippen molar-refractivity contribution < 1.29 is 9.59 Å². The summed E-state index contributed by atoms with van der Waals surface area (Å²) >= 11 is 5.96. The Hall–Kier alpha value is -2.86. The zero-order valence-corrected chi connectivity index (χ0v) is 18.9. The van der Waals surface area contributed by atoms with Gasteiger partial charge in [-0.1, -0.05) is 37.6 Å². The Kier molecular flexibility index (Phi) is 7.69. The minimum atomic E-state index is -0.720. The van der Waals surface area contributed by atoms with Gasteiger partial charge >= 0.3 is 0 Å². The van der Waals surface area contributed by atoms with E-state index in [1.165, 1.54) is 18.5 Å². The second-order valence-corrected chi connectivity index (χ2v) is 8.61. The fraction of sp³-hybridized carbons (Fsp3) is 0.375. The lowest BCUT2D eigenvalue weighted by molar-refractivity contribution is -0.123. The molecule has 164 valence electrons. The molecule has 0 saturated carbocycles. The van der Waals surface area contributed by atoms with Crippen LogP contribution < -0.4 is 15.6 Å². The van der Waals surface area contributed by atoms with E-state index in [2.05, 4.69) is 32.9 Å². The number of carbonyl (C=O) groups excluding carboxylic acids is 2. The van der Waals surface area contributed by atoms with E-state index in [0.717, 1.165) is 24.2 Å². The van der Waals surface area contributed by atoms with E-state index in [1.54, 1.807) is 30.5 Å². The molecule has 0 radical (unpaired) electrons. The Balaban J connectivity index is 1.61. The van der Waals surface area contributed by atoms with Crippen LogP contribution in [-0.2, 0) is 4.79 Å². The van der Waals surface area contributed by atoms with Crippen LogP contribution in [0, 0.1) is 12.8 Å². The molecule has 3 rings (SSSR count). The van der Waals surface area contributed by atoms with Gasteiger partial charge in [-0.15, -0.1) is 0 Å². The summed E-state index contributed by atoms with van der Waals surface area (Å²) in [4.78, 5) is 27.5. The van der Waals surface area contributed by atoms with Gasteiger partial charge in [-0.25, -0.2) is 5.43 Å². The van der Waals surface area contributed by atoms with Crippen LogP contribution in [-0.4, -0.2) is 37.2 Å². The number of nitrogens with zero attached hydrogens (tertiary/aromatic N) is 2. The predicted octanol–water partition coefficient (Wildman–Crippen LogP) is 4.15. The van der Waals surface area contributed by atoms with Crippen molar-refractivity contribution in [2.24, 2.45) is 11.0 Å². The topological polar surface area (TPSA) is 73.8 Å². The SMILES string of the molecule is Cc1cc(N2CCCC2)ccc1/C=N\NC(=O)C(NC(=O)c1cccc(Cl)c1)C(C)C. The summed E-state index contributed by atoms with van der Waals surface area (Å²) in [6, 6.07) is 12.1. The lowest BCUT2D eigenvalue weighted by Crippen LogP contribution is -2.48. The molecule has 1 fully saturated rings. The third-order valence-electron chi connectivity index (χ3n) is 5.43. The number of hydrazone groups is 1. The van der Waals surface area contributed by atoms with Gasteiger partial charge in [-0.3, -0.25) is 9.59 Å². The third-order valence-corrected chi connectivity index (χ3v) is 5.66. The van der Waals surface area contributed by atoms with Crippen molar-refractivity contribution in [2.45, 2.75) is 39.7 Å². The van der Waals surface area contributed by atoms with Crippen LogP contribution in [0.2, 0.25) is 5.02 Å². The van der Waals surface area contributed by atoms with E-state index in [1.807, 2.05) is 26.8 Å². The minimum Gasteiger partial charge on any atom is -0.372 e. The van der Waals surface area contributed by atoms with Gasteiger partial charge in [0.05, 0.1) is 6.21 Å². The summed E-state index contributed by atoms with van der Waals surface area (Å²) in [5.74, 6) is -0.832. The van der Waals surface area contributed by atoms with Gasteiger partial charge in [0.1, 0.15) is 6.04 Å². The zero-order valence-electron chi connectivity index (χ0n) is 18.2. The normalized spacial score (nSPS) is 14.8. The van der Waals surface area contributed by atoms with E-state index < -0.39 is 6.04 Å². The van der Waals surface area contributed by atoms with Gasteiger partial charge in [0.25, 0.3) is 11.8 Å². The molecule has 2 aromatic rings. The number of nitrogens with one attached hydrogen (secondary N) is 2. The van der Waals surface area contributed by atoms with Crippen LogP contribution in [0.5, 0.6) is 0 Å². The average Bonchev–Trinajstić information content (AvgIpc) is 3.27. The van der Waals surface area contributed by atoms with Gasteiger partial charge in [0.2, 0.25) is 0 Å². The second-order valence-electron chi connectivity index (χ2n) is 8.17. The zero-order chi connectivity index (χ0) is 22.4. The van der Waals surface area contributed by atoms with Gasteiger partial charge < -0.3 is 10.2 Å². The Labute approximate surface area is 188 Å². The quantitative estimate of drug-likeness (QED) is 0.501. The van der Waals surface area contributed by atoms with Crippen molar-refractivity contribution >= 4 is 35.3 Å². The van der Waals surface area contributed by atoms with E-state index in [0.29, 0.717) is 10.6 Å². The molecule has 2 amide bonds. The number of halogens is 1. The van der Waals surface area contributed by atoms with Gasteiger partial charge in [0.15, 0.2) is 0 Å². The smallest absolute Gasteiger partial charge is 0.262 e. The Morgan fingerprint density at radius 2 is 1.87 bits per heavy atom. The molecule has 1 unspecified atom stereocenters. The van der Waals surface area contributed by atoms with E-state index >= 15 is 0 Å².